The molecule has 1 N–H and O–H groups in total. The number of fused-ring (bicyclic) bond motifs is 1. The van der Waals surface area contributed by atoms with E-state index in [0.29, 0.717) is 28.8 Å². The minimum absolute atomic E-state index is 0.272. The molecule has 1 aliphatic heterocycles. The van der Waals surface area contributed by atoms with Crippen LogP contribution in [0.25, 0.3) is 5.57 Å². The lowest BCUT2D eigenvalue weighted by Crippen LogP contribution is -2.32. The standard InChI is InChI=1S/C18H19N5O/c1-4-23(12(2)3)18-20-10-9-14(22-18)13(11-19)17-21-15-7-5-6-8-16(15)24-17/h5-10,12,21H,4H2,1-3H3. The molecular formula is C18H19N5O. The highest BCUT2D eigenvalue weighted by atomic mass is 16.5. The SMILES string of the molecule is CCN(c1nccc(C(C#N)=C2Nc3ccccc3O2)n1)C(C)C. The number of nitrogens with zero attached hydrogens (tertiary/aromatic N) is 4. The molecule has 0 saturated carbocycles. The van der Waals surface area contributed by atoms with E-state index in [1.165, 1.54) is 0 Å². The highest BCUT2D eigenvalue weighted by Gasteiger charge is 2.22. The molecule has 0 amide bonds. The zero-order chi connectivity index (χ0) is 17.1. The second-order valence-corrected chi connectivity index (χ2v) is 5.66. The summed E-state index contributed by atoms with van der Waals surface area (Å²) in [6.07, 6.45) is 1.67. The molecule has 6 nitrogen and oxygen atoms in total. The van der Waals surface area contributed by atoms with Crippen LogP contribution in [-0.4, -0.2) is 22.6 Å². The van der Waals surface area contributed by atoms with E-state index in [2.05, 4.69) is 47.0 Å². The van der Waals surface area contributed by atoms with Crippen LogP contribution in [0.15, 0.2) is 42.4 Å². The molecule has 0 atom stereocenters. The average Bonchev–Trinajstić information content (AvgIpc) is 3.00. The highest BCUT2D eigenvalue weighted by Crippen LogP contribution is 2.35. The summed E-state index contributed by atoms with van der Waals surface area (Å²) in [5.41, 5.74) is 1.73. The summed E-state index contributed by atoms with van der Waals surface area (Å²) < 4.78 is 5.76. The van der Waals surface area contributed by atoms with Gasteiger partial charge in [-0.3, -0.25) is 0 Å². The Hall–Kier alpha value is -3.07. The van der Waals surface area contributed by atoms with Gasteiger partial charge in [-0.1, -0.05) is 12.1 Å². The van der Waals surface area contributed by atoms with Crippen molar-refractivity contribution in [2.24, 2.45) is 0 Å². The van der Waals surface area contributed by atoms with E-state index < -0.39 is 0 Å². The fraction of sp³-hybridized carbons (Fsp3) is 0.278. The van der Waals surface area contributed by atoms with Crippen LogP contribution >= 0.6 is 0 Å². The summed E-state index contributed by atoms with van der Waals surface area (Å²) in [5, 5.41) is 12.7. The zero-order valence-corrected chi connectivity index (χ0v) is 13.9. The lowest BCUT2D eigenvalue weighted by atomic mass is 10.2. The maximum atomic E-state index is 9.61. The first-order valence-electron chi connectivity index (χ1n) is 7.92. The van der Waals surface area contributed by atoms with Crippen LogP contribution in [0.4, 0.5) is 11.6 Å². The molecule has 0 unspecified atom stereocenters. The Morgan fingerprint density at radius 2 is 2.12 bits per heavy atom. The highest BCUT2D eigenvalue weighted by molar-refractivity contribution is 5.81. The number of aromatic nitrogens is 2. The number of hydrogen-bond acceptors (Lipinski definition) is 6. The van der Waals surface area contributed by atoms with Gasteiger partial charge in [-0.25, -0.2) is 9.97 Å². The molecule has 0 spiro atoms. The number of nitriles is 1. The first kappa shape index (κ1) is 15.8. The summed E-state index contributed by atoms with van der Waals surface area (Å²) in [7, 11) is 0. The number of benzene rings is 1. The van der Waals surface area contributed by atoms with Crippen LogP contribution in [0.5, 0.6) is 5.75 Å². The Bertz CT molecular complexity index is 795. The molecule has 2 heterocycles. The summed E-state index contributed by atoms with van der Waals surface area (Å²) >= 11 is 0. The Labute approximate surface area is 141 Å². The van der Waals surface area contributed by atoms with E-state index in [1.807, 2.05) is 24.3 Å². The van der Waals surface area contributed by atoms with Gasteiger partial charge in [-0.2, -0.15) is 5.26 Å². The zero-order valence-electron chi connectivity index (χ0n) is 13.9. The van der Waals surface area contributed by atoms with Gasteiger partial charge in [0.25, 0.3) is 0 Å². The van der Waals surface area contributed by atoms with E-state index in [4.69, 9.17) is 4.74 Å². The molecule has 1 aromatic carbocycles. The van der Waals surface area contributed by atoms with Gasteiger partial charge in [-0.15, -0.1) is 0 Å². The fourth-order valence-corrected chi connectivity index (χ4v) is 2.62. The number of rotatable bonds is 4. The lowest BCUT2D eigenvalue weighted by molar-refractivity contribution is 0.460. The van der Waals surface area contributed by atoms with E-state index in [1.54, 1.807) is 12.3 Å². The third-order valence-corrected chi connectivity index (χ3v) is 3.81. The summed E-state index contributed by atoms with van der Waals surface area (Å²) in [4.78, 5) is 11.0. The van der Waals surface area contributed by atoms with Gasteiger partial charge in [0.1, 0.15) is 11.6 Å². The van der Waals surface area contributed by atoms with Crippen LogP contribution in [-0.2, 0) is 0 Å². The molecule has 2 aromatic rings. The summed E-state index contributed by atoms with van der Waals surface area (Å²) in [6, 6.07) is 11.7. The van der Waals surface area contributed by atoms with Crippen molar-refractivity contribution in [2.75, 3.05) is 16.8 Å². The number of hydrogen-bond donors (Lipinski definition) is 1. The monoisotopic (exact) mass is 321 g/mol. The van der Waals surface area contributed by atoms with Gasteiger partial charge in [0, 0.05) is 18.8 Å². The minimum atomic E-state index is 0.272. The second-order valence-electron chi connectivity index (χ2n) is 5.66. The van der Waals surface area contributed by atoms with Crippen molar-refractivity contribution in [3.05, 3.63) is 48.1 Å². The van der Waals surface area contributed by atoms with Gasteiger partial charge in [0.05, 0.1) is 11.4 Å². The van der Waals surface area contributed by atoms with Crippen molar-refractivity contribution < 1.29 is 4.74 Å². The molecule has 1 aromatic heterocycles. The van der Waals surface area contributed by atoms with Crippen LogP contribution in [0.2, 0.25) is 0 Å². The van der Waals surface area contributed by atoms with E-state index >= 15 is 0 Å². The predicted molar refractivity (Wildman–Crippen MR) is 93.4 cm³/mol. The Morgan fingerprint density at radius 1 is 1.33 bits per heavy atom. The number of nitrogens with one attached hydrogen (secondary N) is 1. The molecule has 24 heavy (non-hydrogen) atoms. The quantitative estimate of drug-likeness (QED) is 0.870. The number of allylic oxidation sites excluding steroid dienone is 1. The lowest BCUT2D eigenvalue weighted by Gasteiger charge is -2.25. The molecule has 0 radical (unpaired) electrons. The topological polar surface area (TPSA) is 74.1 Å². The van der Waals surface area contributed by atoms with Crippen LogP contribution < -0.4 is 15.0 Å². The van der Waals surface area contributed by atoms with Crippen molar-refractivity contribution in [3.8, 4) is 11.8 Å². The maximum Gasteiger partial charge on any atom is 0.226 e. The molecule has 0 bridgehead atoms. The Morgan fingerprint density at radius 3 is 2.79 bits per heavy atom. The largest absolute Gasteiger partial charge is 0.437 e. The molecule has 6 heteroatoms. The summed E-state index contributed by atoms with van der Waals surface area (Å²) in [5.74, 6) is 1.71. The molecular weight excluding hydrogens is 302 g/mol. The molecule has 1 aliphatic rings. The minimum Gasteiger partial charge on any atom is -0.437 e. The van der Waals surface area contributed by atoms with Crippen LogP contribution in [0.3, 0.4) is 0 Å². The molecule has 0 saturated heterocycles. The number of ether oxygens (including phenoxy) is 1. The normalized spacial score (nSPS) is 14.5. The van der Waals surface area contributed by atoms with E-state index in [9.17, 15) is 5.26 Å². The number of para-hydroxylation sites is 2. The maximum absolute atomic E-state index is 9.61. The van der Waals surface area contributed by atoms with Gasteiger partial charge in [-0.05, 0) is 39.0 Å². The van der Waals surface area contributed by atoms with Crippen molar-refractivity contribution in [3.63, 3.8) is 0 Å². The first-order valence-corrected chi connectivity index (χ1v) is 7.92. The van der Waals surface area contributed by atoms with Crippen molar-refractivity contribution in [2.45, 2.75) is 26.8 Å². The number of anilines is 2. The average molecular weight is 321 g/mol. The van der Waals surface area contributed by atoms with Crippen LogP contribution in [0, 0.1) is 11.3 Å². The van der Waals surface area contributed by atoms with Crippen molar-refractivity contribution in [1.29, 1.82) is 5.26 Å². The third kappa shape index (κ3) is 2.88. The van der Waals surface area contributed by atoms with Crippen LogP contribution in [0.1, 0.15) is 26.5 Å². The molecule has 0 aliphatic carbocycles. The second kappa shape index (κ2) is 6.59. The first-order chi connectivity index (χ1) is 11.6. The molecule has 0 fully saturated rings. The van der Waals surface area contributed by atoms with Gasteiger partial charge in [0.15, 0.2) is 5.75 Å². The Balaban J connectivity index is 1.99. The van der Waals surface area contributed by atoms with Crippen molar-refractivity contribution >= 4 is 17.2 Å². The fourth-order valence-electron chi connectivity index (χ4n) is 2.62. The van der Waals surface area contributed by atoms with Gasteiger partial charge >= 0.3 is 0 Å². The smallest absolute Gasteiger partial charge is 0.226 e. The Kier molecular flexibility index (Phi) is 4.34. The van der Waals surface area contributed by atoms with Gasteiger partial charge in [0.2, 0.25) is 11.8 Å². The van der Waals surface area contributed by atoms with Gasteiger partial charge < -0.3 is 15.0 Å². The summed E-state index contributed by atoms with van der Waals surface area (Å²) in [6.45, 7) is 7.01. The van der Waals surface area contributed by atoms with E-state index in [0.717, 1.165) is 12.2 Å². The predicted octanol–water partition coefficient (Wildman–Crippen LogP) is 3.41. The molecule has 122 valence electrons. The molecule has 3 rings (SSSR count). The van der Waals surface area contributed by atoms with E-state index in [-0.39, 0.29) is 6.04 Å². The third-order valence-electron chi connectivity index (χ3n) is 3.81. The van der Waals surface area contributed by atoms with Crippen molar-refractivity contribution in [1.82, 2.24) is 9.97 Å².